The Bertz CT molecular complexity index is 253. The van der Waals surface area contributed by atoms with Crippen LogP contribution in [0.1, 0.15) is 32.1 Å². The van der Waals surface area contributed by atoms with Gasteiger partial charge in [-0.1, -0.05) is 6.42 Å². The predicted octanol–water partition coefficient (Wildman–Crippen LogP) is 1.49. The first-order valence-electron chi connectivity index (χ1n) is 7.36. The molecule has 3 atom stereocenters. The van der Waals surface area contributed by atoms with E-state index in [-0.39, 0.29) is 0 Å². The summed E-state index contributed by atoms with van der Waals surface area (Å²) >= 11 is 0. The number of likely N-dealkylation sites (N-methyl/N-ethyl adjacent to an activating group) is 1. The van der Waals surface area contributed by atoms with Gasteiger partial charge in [0.25, 0.3) is 0 Å². The molecule has 0 amide bonds. The molecule has 2 aliphatic heterocycles. The van der Waals surface area contributed by atoms with E-state index >= 15 is 0 Å². The van der Waals surface area contributed by atoms with E-state index in [4.69, 9.17) is 4.74 Å². The second-order valence-electron chi connectivity index (χ2n) is 6.15. The molecule has 3 fully saturated rings. The highest BCUT2D eigenvalue weighted by Crippen LogP contribution is 2.38. The van der Waals surface area contributed by atoms with Crippen molar-refractivity contribution in [3.63, 3.8) is 0 Å². The first-order valence-corrected chi connectivity index (χ1v) is 7.36. The molecule has 98 valence electrons. The molecule has 3 rings (SSSR count). The van der Waals surface area contributed by atoms with Gasteiger partial charge < -0.3 is 15.0 Å². The summed E-state index contributed by atoms with van der Waals surface area (Å²) in [5.74, 6) is 1.96. The van der Waals surface area contributed by atoms with Gasteiger partial charge >= 0.3 is 0 Å². The number of nitrogens with zero attached hydrogens (tertiary/aromatic N) is 1. The van der Waals surface area contributed by atoms with Crippen molar-refractivity contribution in [3.05, 3.63) is 0 Å². The van der Waals surface area contributed by atoms with Gasteiger partial charge in [0.1, 0.15) is 0 Å². The molecular formula is C14H26N2O. The minimum absolute atomic E-state index is 0.756. The van der Waals surface area contributed by atoms with Crippen molar-refractivity contribution in [2.24, 2.45) is 11.8 Å². The van der Waals surface area contributed by atoms with E-state index in [1.165, 1.54) is 45.2 Å². The maximum absolute atomic E-state index is 5.45. The van der Waals surface area contributed by atoms with Crippen LogP contribution >= 0.6 is 0 Å². The van der Waals surface area contributed by atoms with Crippen molar-refractivity contribution < 1.29 is 4.74 Å². The molecule has 0 spiro atoms. The van der Waals surface area contributed by atoms with Gasteiger partial charge in [0, 0.05) is 31.8 Å². The van der Waals surface area contributed by atoms with E-state index in [2.05, 4.69) is 17.3 Å². The van der Waals surface area contributed by atoms with Gasteiger partial charge in [0.05, 0.1) is 0 Å². The summed E-state index contributed by atoms with van der Waals surface area (Å²) in [5.41, 5.74) is 0. The molecule has 0 aromatic heterocycles. The molecule has 3 nitrogen and oxygen atoms in total. The lowest BCUT2D eigenvalue weighted by molar-refractivity contribution is 0.0391. The third kappa shape index (κ3) is 2.51. The van der Waals surface area contributed by atoms with Crippen LogP contribution in [0.2, 0.25) is 0 Å². The van der Waals surface area contributed by atoms with Gasteiger partial charge in [-0.15, -0.1) is 0 Å². The van der Waals surface area contributed by atoms with Gasteiger partial charge in [0.15, 0.2) is 0 Å². The van der Waals surface area contributed by atoms with E-state index in [1.807, 2.05) is 0 Å². The second kappa shape index (κ2) is 5.25. The third-order valence-electron chi connectivity index (χ3n) is 5.18. The summed E-state index contributed by atoms with van der Waals surface area (Å²) in [5, 5.41) is 3.76. The van der Waals surface area contributed by atoms with E-state index in [0.717, 1.165) is 37.1 Å². The van der Waals surface area contributed by atoms with Crippen LogP contribution in [-0.4, -0.2) is 50.3 Å². The number of fused-ring (bicyclic) bond motifs is 1. The van der Waals surface area contributed by atoms with Crippen molar-refractivity contribution in [1.82, 2.24) is 10.2 Å². The average molecular weight is 238 g/mol. The van der Waals surface area contributed by atoms with E-state index in [9.17, 15) is 0 Å². The monoisotopic (exact) mass is 238 g/mol. The lowest BCUT2D eigenvalue weighted by Crippen LogP contribution is -2.45. The first kappa shape index (κ1) is 11.9. The van der Waals surface area contributed by atoms with Crippen LogP contribution in [0, 0.1) is 11.8 Å². The zero-order chi connectivity index (χ0) is 11.7. The summed E-state index contributed by atoms with van der Waals surface area (Å²) in [4.78, 5) is 2.58. The minimum atomic E-state index is 0.756. The zero-order valence-electron chi connectivity index (χ0n) is 11.0. The normalized spacial score (nSPS) is 38.8. The number of hydrogen-bond acceptors (Lipinski definition) is 3. The van der Waals surface area contributed by atoms with Gasteiger partial charge in [-0.3, -0.25) is 0 Å². The molecule has 3 heteroatoms. The Morgan fingerprint density at radius 3 is 2.82 bits per heavy atom. The lowest BCUT2D eigenvalue weighted by atomic mass is 9.93. The Labute approximate surface area is 105 Å². The molecular weight excluding hydrogens is 212 g/mol. The highest BCUT2D eigenvalue weighted by atomic mass is 16.5. The second-order valence-corrected chi connectivity index (χ2v) is 6.15. The van der Waals surface area contributed by atoms with Gasteiger partial charge in [0.2, 0.25) is 0 Å². The highest BCUT2D eigenvalue weighted by Gasteiger charge is 2.39. The van der Waals surface area contributed by atoms with Crippen LogP contribution in [0.3, 0.4) is 0 Å². The van der Waals surface area contributed by atoms with E-state index in [1.54, 1.807) is 0 Å². The maximum atomic E-state index is 5.45. The Hall–Kier alpha value is -0.120. The quantitative estimate of drug-likeness (QED) is 0.806. The van der Waals surface area contributed by atoms with Crippen molar-refractivity contribution >= 4 is 0 Å². The summed E-state index contributed by atoms with van der Waals surface area (Å²) in [7, 11) is 2.31. The average Bonchev–Trinajstić information content (AvgIpc) is 2.95. The Morgan fingerprint density at radius 1 is 1.18 bits per heavy atom. The lowest BCUT2D eigenvalue weighted by Gasteiger charge is -2.34. The van der Waals surface area contributed by atoms with Crippen LogP contribution < -0.4 is 5.32 Å². The van der Waals surface area contributed by atoms with Crippen LogP contribution in [0.25, 0.3) is 0 Å². The van der Waals surface area contributed by atoms with Crippen molar-refractivity contribution in [3.8, 4) is 0 Å². The smallest absolute Gasteiger partial charge is 0.0480 e. The fourth-order valence-electron chi connectivity index (χ4n) is 4.09. The van der Waals surface area contributed by atoms with Crippen LogP contribution in [-0.2, 0) is 4.74 Å². The Morgan fingerprint density at radius 2 is 2.00 bits per heavy atom. The minimum Gasteiger partial charge on any atom is -0.381 e. The standard InChI is InChI=1S/C14H26N2O/c1-16(12-5-7-17-8-6-12)10-14-13-4-2-3-11(13)9-15-14/h11-15H,2-10H2,1H3. The van der Waals surface area contributed by atoms with E-state index < -0.39 is 0 Å². The zero-order valence-corrected chi connectivity index (χ0v) is 11.0. The molecule has 2 saturated heterocycles. The van der Waals surface area contributed by atoms with Crippen LogP contribution in [0.15, 0.2) is 0 Å². The molecule has 2 heterocycles. The molecule has 0 radical (unpaired) electrons. The highest BCUT2D eigenvalue weighted by molar-refractivity contribution is 4.95. The van der Waals surface area contributed by atoms with Crippen LogP contribution in [0.4, 0.5) is 0 Å². The molecule has 3 unspecified atom stereocenters. The summed E-state index contributed by atoms with van der Waals surface area (Å²) in [6.45, 7) is 4.43. The number of ether oxygens (including phenoxy) is 1. The van der Waals surface area contributed by atoms with Gasteiger partial charge in [-0.2, -0.15) is 0 Å². The molecule has 1 N–H and O–H groups in total. The van der Waals surface area contributed by atoms with E-state index in [0.29, 0.717) is 0 Å². The topological polar surface area (TPSA) is 24.5 Å². The third-order valence-corrected chi connectivity index (χ3v) is 5.18. The molecule has 3 aliphatic rings. The summed E-state index contributed by atoms with van der Waals surface area (Å²) < 4.78 is 5.45. The van der Waals surface area contributed by atoms with Crippen LogP contribution in [0.5, 0.6) is 0 Å². The van der Waals surface area contributed by atoms with Gasteiger partial charge in [-0.25, -0.2) is 0 Å². The summed E-state index contributed by atoms with van der Waals surface area (Å²) in [6.07, 6.45) is 6.84. The molecule has 1 aliphatic carbocycles. The number of rotatable bonds is 3. The maximum Gasteiger partial charge on any atom is 0.0480 e. The molecule has 0 aromatic carbocycles. The van der Waals surface area contributed by atoms with Gasteiger partial charge in [-0.05, 0) is 51.1 Å². The fraction of sp³-hybridized carbons (Fsp3) is 1.00. The first-order chi connectivity index (χ1) is 8.34. The number of nitrogens with one attached hydrogen (secondary N) is 1. The molecule has 1 saturated carbocycles. The molecule has 17 heavy (non-hydrogen) atoms. The summed E-state index contributed by atoms with van der Waals surface area (Å²) in [6, 6.07) is 1.52. The molecule has 0 bridgehead atoms. The van der Waals surface area contributed by atoms with Crippen molar-refractivity contribution in [1.29, 1.82) is 0 Å². The largest absolute Gasteiger partial charge is 0.381 e. The Balaban J connectivity index is 1.52. The number of hydrogen-bond donors (Lipinski definition) is 1. The Kier molecular flexibility index (Phi) is 3.69. The molecule has 0 aromatic rings. The SMILES string of the molecule is CN(CC1NCC2CCCC21)C1CCOCC1. The predicted molar refractivity (Wildman–Crippen MR) is 69.1 cm³/mol. The fourth-order valence-corrected chi connectivity index (χ4v) is 4.09. The van der Waals surface area contributed by atoms with Crippen molar-refractivity contribution in [2.75, 3.05) is 33.4 Å². The van der Waals surface area contributed by atoms with Crippen molar-refractivity contribution in [2.45, 2.75) is 44.2 Å².